The maximum atomic E-state index is 4.55. The van der Waals surface area contributed by atoms with Crippen LogP contribution in [0.2, 0.25) is 0 Å². The number of benzene rings is 2. The number of hydrogen-bond donors (Lipinski definition) is 3. The second-order valence-electron chi connectivity index (χ2n) is 7.72. The van der Waals surface area contributed by atoms with E-state index < -0.39 is 0 Å². The summed E-state index contributed by atoms with van der Waals surface area (Å²) in [5.74, 6) is 1.43. The minimum Gasteiger partial charge on any atom is -0.377 e. The molecule has 0 saturated carbocycles. The van der Waals surface area contributed by atoms with Gasteiger partial charge in [-0.3, -0.25) is 0 Å². The molecule has 2 aliphatic rings. The van der Waals surface area contributed by atoms with Gasteiger partial charge in [0.25, 0.3) is 0 Å². The average molecular weight is 415 g/mol. The molecule has 0 fully saturated rings. The van der Waals surface area contributed by atoms with Gasteiger partial charge in [0.15, 0.2) is 0 Å². The summed E-state index contributed by atoms with van der Waals surface area (Å²) >= 11 is 1.55. The minimum absolute atomic E-state index is 0.363. The number of nitrogens with one attached hydrogen (secondary N) is 3. The van der Waals surface area contributed by atoms with Gasteiger partial charge in [0.1, 0.15) is 5.82 Å². The lowest BCUT2D eigenvalue weighted by atomic mass is 9.90. The van der Waals surface area contributed by atoms with Crippen LogP contribution in [0.4, 0.5) is 5.82 Å². The van der Waals surface area contributed by atoms with Gasteiger partial charge in [-0.15, -0.1) is 0 Å². The van der Waals surface area contributed by atoms with Gasteiger partial charge in [-0.2, -0.15) is 4.37 Å². The first-order valence-electron chi connectivity index (χ1n) is 10.6. The van der Waals surface area contributed by atoms with Crippen LogP contribution in [0.3, 0.4) is 0 Å². The lowest BCUT2D eigenvalue weighted by Crippen LogP contribution is -2.28. The normalized spacial score (nSPS) is 19.9. The molecule has 0 saturated heterocycles. The van der Waals surface area contributed by atoms with Gasteiger partial charge in [-0.1, -0.05) is 66.8 Å². The molecule has 3 N–H and O–H groups in total. The highest BCUT2D eigenvalue weighted by atomic mass is 32.1. The van der Waals surface area contributed by atoms with Crippen LogP contribution in [0.15, 0.2) is 84.5 Å². The molecule has 2 aromatic carbocycles. The van der Waals surface area contributed by atoms with Crippen molar-refractivity contribution in [3.05, 3.63) is 90.0 Å². The van der Waals surface area contributed by atoms with Crippen LogP contribution < -0.4 is 16.0 Å². The number of nitrogens with zero attached hydrogens (tertiary/aromatic N) is 1. The molecule has 0 amide bonds. The minimum atomic E-state index is 0.363. The van der Waals surface area contributed by atoms with Crippen molar-refractivity contribution in [2.75, 3.05) is 25.0 Å². The molecule has 152 valence electrons. The Morgan fingerprint density at radius 2 is 1.77 bits per heavy atom. The Labute approximate surface area is 181 Å². The van der Waals surface area contributed by atoms with E-state index in [-0.39, 0.29) is 0 Å². The first-order valence-corrected chi connectivity index (χ1v) is 11.4. The Balaban J connectivity index is 1.17. The molecule has 0 radical (unpaired) electrons. The summed E-state index contributed by atoms with van der Waals surface area (Å²) in [5, 5.41) is 12.1. The van der Waals surface area contributed by atoms with E-state index in [1.807, 2.05) is 0 Å². The van der Waals surface area contributed by atoms with Crippen LogP contribution in [0.1, 0.15) is 12.0 Å². The third-order valence-corrected chi connectivity index (χ3v) is 6.57. The van der Waals surface area contributed by atoms with E-state index in [9.17, 15) is 0 Å². The van der Waals surface area contributed by atoms with E-state index in [0.29, 0.717) is 12.0 Å². The number of fused-ring (bicyclic) bond motifs is 2. The summed E-state index contributed by atoms with van der Waals surface area (Å²) in [6.45, 7) is 2.78. The van der Waals surface area contributed by atoms with Crippen molar-refractivity contribution < 1.29 is 0 Å². The van der Waals surface area contributed by atoms with Crippen LogP contribution in [0.25, 0.3) is 15.8 Å². The van der Waals surface area contributed by atoms with E-state index in [2.05, 4.69) is 99.2 Å². The fraction of sp³-hybridized carbons (Fsp3) is 0.240. The molecule has 2 atom stereocenters. The smallest absolute Gasteiger partial charge is 0.147 e. The van der Waals surface area contributed by atoms with Crippen molar-refractivity contribution in [2.45, 2.75) is 12.5 Å². The largest absolute Gasteiger partial charge is 0.377 e. The van der Waals surface area contributed by atoms with Crippen LogP contribution in [0.5, 0.6) is 0 Å². The monoisotopic (exact) mass is 414 g/mol. The number of allylic oxidation sites excluding steroid dienone is 2. The van der Waals surface area contributed by atoms with Crippen molar-refractivity contribution in [1.82, 2.24) is 15.0 Å². The molecule has 1 aliphatic carbocycles. The Morgan fingerprint density at radius 3 is 2.70 bits per heavy atom. The van der Waals surface area contributed by atoms with Crippen LogP contribution >= 0.6 is 11.5 Å². The Bertz CT molecular complexity index is 1100. The second kappa shape index (κ2) is 8.86. The highest BCUT2D eigenvalue weighted by Gasteiger charge is 2.32. The molecular formula is C25H26N4S. The number of anilines is 1. The standard InChI is InChI=1S/C25H26N4S/c1-2-9-18(10-3-1)24-21(19-11-4-6-13-22(19)28-24)17-26-15-8-16-27-25-20-12-5-7-14-23(20)30-29-25/h1-7,9-14,19,22,26,28H,8,15-17H2,(H,27,29). The average Bonchev–Trinajstić information content (AvgIpc) is 3.38. The summed E-state index contributed by atoms with van der Waals surface area (Å²) < 4.78 is 5.78. The second-order valence-corrected chi connectivity index (χ2v) is 8.52. The molecule has 0 spiro atoms. The molecule has 2 unspecified atom stereocenters. The summed E-state index contributed by atoms with van der Waals surface area (Å²) in [6.07, 6.45) is 9.94. The van der Waals surface area contributed by atoms with Gasteiger partial charge in [-0.05, 0) is 47.8 Å². The lowest BCUT2D eigenvalue weighted by Gasteiger charge is -2.19. The maximum absolute atomic E-state index is 4.55. The molecule has 2 heterocycles. The number of hydrogen-bond acceptors (Lipinski definition) is 5. The first kappa shape index (κ1) is 19.1. The predicted octanol–water partition coefficient (Wildman–Crippen LogP) is 4.81. The van der Waals surface area contributed by atoms with E-state index in [1.54, 1.807) is 11.5 Å². The molecule has 5 heteroatoms. The van der Waals surface area contributed by atoms with E-state index >= 15 is 0 Å². The fourth-order valence-corrected chi connectivity index (χ4v) is 5.00. The quantitative estimate of drug-likeness (QED) is 0.463. The van der Waals surface area contributed by atoms with Crippen molar-refractivity contribution >= 4 is 33.1 Å². The summed E-state index contributed by atoms with van der Waals surface area (Å²) in [7, 11) is 0. The zero-order valence-electron chi connectivity index (χ0n) is 16.8. The van der Waals surface area contributed by atoms with Gasteiger partial charge < -0.3 is 16.0 Å². The number of aromatic nitrogens is 1. The predicted molar refractivity (Wildman–Crippen MR) is 128 cm³/mol. The zero-order chi connectivity index (χ0) is 20.2. The SMILES string of the molecule is C1=CC2NC(c3ccccc3)=C(CNCCCNc3nsc4ccccc34)C2C=C1. The first-order chi connectivity index (χ1) is 14.9. The van der Waals surface area contributed by atoms with Gasteiger partial charge in [-0.25, -0.2) is 0 Å². The molecular weight excluding hydrogens is 388 g/mol. The summed E-state index contributed by atoms with van der Waals surface area (Å²) in [4.78, 5) is 0. The van der Waals surface area contributed by atoms with Gasteiger partial charge in [0.2, 0.25) is 0 Å². The van der Waals surface area contributed by atoms with E-state index in [4.69, 9.17) is 0 Å². The topological polar surface area (TPSA) is 49.0 Å². The molecule has 1 aromatic heterocycles. The van der Waals surface area contributed by atoms with E-state index in [0.717, 1.165) is 31.9 Å². The third kappa shape index (κ3) is 3.91. The Kier molecular flexibility index (Phi) is 5.64. The molecule has 1 aliphatic heterocycles. The van der Waals surface area contributed by atoms with Crippen molar-refractivity contribution in [3.63, 3.8) is 0 Å². The van der Waals surface area contributed by atoms with Crippen LogP contribution in [-0.2, 0) is 0 Å². The summed E-state index contributed by atoms with van der Waals surface area (Å²) in [5.41, 5.74) is 3.99. The van der Waals surface area contributed by atoms with Crippen LogP contribution in [0, 0.1) is 5.92 Å². The zero-order valence-corrected chi connectivity index (χ0v) is 17.7. The fourth-order valence-electron chi connectivity index (χ4n) is 4.24. The van der Waals surface area contributed by atoms with Crippen molar-refractivity contribution in [2.24, 2.45) is 5.92 Å². The molecule has 5 rings (SSSR count). The molecule has 30 heavy (non-hydrogen) atoms. The summed E-state index contributed by atoms with van der Waals surface area (Å²) in [6, 6.07) is 19.4. The van der Waals surface area contributed by atoms with E-state index in [1.165, 1.54) is 26.9 Å². The lowest BCUT2D eigenvalue weighted by molar-refractivity contribution is 0.605. The Morgan fingerprint density at radius 1 is 0.933 bits per heavy atom. The molecule has 0 bridgehead atoms. The number of rotatable bonds is 8. The Hall–Kier alpha value is -2.89. The third-order valence-electron chi connectivity index (χ3n) is 5.75. The van der Waals surface area contributed by atoms with Crippen molar-refractivity contribution in [3.8, 4) is 0 Å². The maximum Gasteiger partial charge on any atom is 0.147 e. The van der Waals surface area contributed by atoms with Gasteiger partial charge in [0, 0.05) is 30.1 Å². The highest BCUT2D eigenvalue weighted by molar-refractivity contribution is 7.13. The molecule has 3 aromatic rings. The highest BCUT2D eigenvalue weighted by Crippen LogP contribution is 2.34. The molecule has 4 nitrogen and oxygen atoms in total. The van der Waals surface area contributed by atoms with Gasteiger partial charge >= 0.3 is 0 Å². The van der Waals surface area contributed by atoms with Crippen molar-refractivity contribution in [1.29, 1.82) is 0 Å². The van der Waals surface area contributed by atoms with Crippen LogP contribution in [-0.4, -0.2) is 30.0 Å². The van der Waals surface area contributed by atoms with Gasteiger partial charge in [0.05, 0.1) is 10.7 Å².